The minimum atomic E-state index is 0.243. The second-order valence-corrected chi connectivity index (χ2v) is 9.97. The summed E-state index contributed by atoms with van der Waals surface area (Å²) < 4.78 is 8.60. The summed E-state index contributed by atoms with van der Waals surface area (Å²) in [5, 5.41) is 8.95. The van der Waals surface area contributed by atoms with Gasteiger partial charge >= 0.3 is 0 Å². The van der Waals surface area contributed by atoms with Crippen molar-refractivity contribution in [3.05, 3.63) is 29.6 Å². The van der Waals surface area contributed by atoms with Crippen LogP contribution in [0.15, 0.2) is 12.5 Å². The van der Waals surface area contributed by atoms with E-state index in [4.69, 9.17) is 4.74 Å². The lowest BCUT2D eigenvalue weighted by atomic mass is 9.77. The van der Waals surface area contributed by atoms with Crippen LogP contribution in [-0.2, 0) is 17.8 Å². The second-order valence-electron chi connectivity index (χ2n) is 9.97. The highest BCUT2D eigenvalue weighted by Gasteiger charge is 2.44. The third-order valence-corrected chi connectivity index (χ3v) is 7.09. The van der Waals surface area contributed by atoms with E-state index in [-0.39, 0.29) is 6.10 Å². The predicted molar refractivity (Wildman–Crippen MR) is 114 cm³/mol. The van der Waals surface area contributed by atoms with Crippen LogP contribution in [0.5, 0.6) is 0 Å². The first-order chi connectivity index (χ1) is 14.5. The van der Waals surface area contributed by atoms with Crippen LogP contribution in [0.25, 0.3) is 0 Å². The van der Waals surface area contributed by atoms with Crippen molar-refractivity contribution in [1.29, 1.82) is 0 Å². The van der Waals surface area contributed by atoms with Gasteiger partial charge in [0.05, 0.1) is 36.1 Å². The number of H-pyrrole nitrogens is 1. The van der Waals surface area contributed by atoms with Crippen molar-refractivity contribution in [3.63, 3.8) is 0 Å². The molecule has 5 rings (SSSR count). The maximum absolute atomic E-state index is 6.50. The third-order valence-electron chi connectivity index (χ3n) is 7.09. The molecular weight excluding hydrogens is 378 g/mol. The van der Waals surface area contributed by atoms with E-state index in [0.29, 0.717) is 17.9 Å². The summed E-state index contributed by atoms with van der Waals surface area (Å²) in [5.41, 5.74) is 3.39. The van der Waals surface area contributed by atoms with Crippen molar-refractivity contribution in [1.82, 2.24) is 34.8 Å². The number of hydrogen-bond acceptors (Lipinski definition) is 6. The van der Waals surface area contributed by atoms with Gasteiger partial charge in [0, 0.05) is 38.5 Å². The predicted octanol–water partition coefficient (Wildman–Crippen LogP) is 2.25. The molecule has 1 N–H and O–H groups in total. The standard InChI is InChI=1S/C22H35N7O/c1-15-20(24-14-23-15)12-28-8-17-6-21(29-11-19(25-26-29)10-27(2)3)22(7-18(17)9-28)30-13-16-4-5-16/h11,14,16-18,21-22H,4-10,12-13H2,1-3H3,(H,23,24)/t17-,18+,21-,22-/m1/s1. The van der Waals surface area contributed by atoms with Gasteiger partial charge in [0.15, 0.2) is 0 Å². The topological polar surface area (TPSA) is 75.1 Å². The summed E-state index contributed by atoms with van der Waals surface area (Å²) in [6.45, 7) is 7.07. The fraction of sp³-hybridized carbons (Fsp3) is 0.773. The van der Waals surface area contributed by atoms with E-state index in [1.165, 1.54) is 24.2 Å². The van der Waals surface area contributed by atoms with Crippen molar-refractivity contribution in [2.75, 3.05) is 33.8 Å². The zero-order valence-electron chi connectivity index (χ0n) is 18.5. The molecule has 2 aromatic heterocycles. The molecule has 3 aliphatic rings. The largest absolute Gasteiger partial charge is 0.376 e. The Morgan fingerprint density at radius 2 is 2.00 bits per heavy atom. The quantitative estimate of drug-likeness (QED) is 0.715. The Kier molecular flexibility index (Phi) is 5.64. The Bertz CT molecular complexity index is 842. The summed E-state index contributed by atoms with van der Waals surface area (Å²) in [6, 6.07) is 0.292. The smallest absolute Gasteiger partial charge is 0.0967 e. The summed E-state index contributed by atoms with van der Waals surface area (Å²) in [6.07, 6.45) is 9.10. The molecule has 8 nitrogen and oxygen atoms in total. The van der Waals surface area contributed by atoms with Crippen LogP contribution in [-0.4, -0.2) is 74.7 Å². The molecule has 2 aromatic rings. The van der Waals surface area contributed by atoms with Crippen LogP contribution in [0.1, 0.15) is 48.8 Å². The normalized spacial score (nSPS) is 29.6. The van der Waals surface area contributed by atoms with Crippen molar-refractivity contribution < 1.29 is 4.74 Å². The lowest BCUT2D eigenvalue weighted by Gasteiger charge is -2.37. The Morgan fingerprint density at radius 1 is 1.20 bits per heavy atom. The number of aromatic nitrogens is 5. The maximum atomic E-state index is 6.50. The molecule has 1 saturated heterocycles. The highest BCUT2D eigenvalue weighted by atomic mass is 16.5. The fourth-order valence-electron chi connectivity index (χ4n) is 5.25. The van der Waals surface area contributed by atoms with Crippen LogP contribution in [0, 0.1) is 24.7 Å². The van der Waals surface area contributed by atoms with Gasteiger partial charge in [0.2, 0.25) is 0 Å². The van der Waals surface area contributed by atoms with Crippen molar-refractivity contribution >= 4 is 0 Å². The number of aryl methyl sites for hydroxylation is 1. The van der Waals surface area contributed by atoms with Gasteiger partial charge in [-0.15, -0.1) is 5.10 Å². The van der Waals surface area contributed by atoms with Gasteiger partial charge in [-0.2, -0.15) is 0 Å². The molecule has 0 amide bonds. The number of rotatable bonds is 8. The van der Waals surface area contributed by atoms with Crippen molar-refractivity contribution in [2.45, 2.75) is 57.8 Å². The molecule has 0 unspecified atom stereocenters. The molecule has 3 fully saturated rings. The first kappa shape index (κ1) is 20.2. The molecule has 0 bridgehead atoms. The van der Waals surface area contributed by atoms with Crippen LogP contribution in [0.4, 0.5) is 0 Å². The average molecular weight is 414 g/mol. The van der Waals surface area contributed by atoms with Crippen LogP contribution < -0.4 is 0 Å². The summed E-state index contributed by atoms with van der Waals surface area (Å²) in [4.78, 5) is 12.4. The van der Waals surface area contributed by atoms with Gasteiger partial charge in [-0.3, -0.25) is 4.90 Å². The number of fused-ring (bicyclic) bond motifs is 1. The van der Waals surface area contributed by atoms with Gasteiger partial charge in [-0.1, -0.05) is 5.21 Å². The molecule has 0 spiro atoms. The summed E-state index contributed by atoms with van der Waals surface area (Å²) >= 11 is 0. The molecule has 0 radical (unpaired) electrons. The number of nitrogens with one attached hydrogen (secondary N) is 1. The first-order valence-corrected chi connectivity index (χ1v) is 11.4. The van der Waals surface area contributed by atoms with Gasteiger partial charge < -0.3 is 14.6 Å². The Balaban J connectivity index is 1.29. The third kappa shape index (κ3) is 4.45. The number of ether oxygens (including phenoxy) is 1. The zero-order chi connectivity index (χ0) is 20.7. The maximum Gasteiger partial charge on any atom is 0.0967 e. The number of likely N-dealkylation sites (tertiary alicyclic amines) is 1. The van der Waals surface area contributed by atoms with Crippen molar-refractivity contribution in [2.24, 2.45) is 17.8 Å². The SMILES string of the molecule is Cc1[nH]cnc1CN1C[C@H]2C[C@@H](n3cc(CN(C)C)nn3)[C@H](OCC3CC3)C[C@H]2C1. The van der Waals surface area contributed by atoms with Gasteiger partial charge in [-0.25, -0.2) is 9.67 Å². The summed E-state index contributed by atoms with van der Waals surface area (Å²) in [5.74, 6) is 2.18. The average Bonchev–Trinajstić information content (AvgIpc) is 3.06. The number of nitrogens with zero attached hydrogens (tertiary/aromatic N) is 6. The number of imidazole rings is 1. The Labute approximate surface area is 179 Å². The molecule has 164 valence electrons. The minimum absolute atomic E-state index is 0.243. The van der Waals surface area contributed by atoms with E-state index in [9.17, 15) is 0 Å². The fourth-order valence-corrected chi connectivity index (χ4v) is 5.25. The highest BCUT2D eigenvalue weighted by molar-refractivity contribution is 5.09. The van der Waals surface area contributed by atoms with Crippen LogP contribution >= 0.6 is 0 Å². The van der Waals surface area contributed by atoms with E-state index in [1.54, 1.807) is 0 Å². The Hall–Kier alpha value is -1.77. The minimum Gasteiger partial charge on any atom is -0.376 e. The second kappa shape index (κ2) is 8.40. The highest BCUT2D eigenvalue weighted by Crippen LogP contribution is 2.43. The zero-order valence-corrected chi connectivity index (χ0v) is 18.5. The van der Waals surface area contributed by atoms with Gasteiger partial charge in [0.25, 0.3) is 0 Å². The van der Waals surface area contributed by atoms with E-state index in [0.717, 1.165) is 57.2 Å². The van der Waals surface area contributed by atoms with Crippen LogP contribution in [0.3, 0.4) is 0 Å². The molecule has 1 aliphatic heterocycles. The molecule has 30 heavy (non-hydrogen) atoms. The number of aromatic amines is 1. The molecule has 4 atom stereocenters. The number of hydrogen-bond donors (Lipinski definition) is 1. The molecule has 2 saturated carbocycles. The van der Waals surface area contributed by atoms with Crippen LogP contribution in [0.2, 0.25) is 0 Å². The van der Waals surface area contributed by atoms with Gasteiger partial charge in [0.1, 0.15) is 0 Å². The van der Waals surface area contributed by atoms with Crippen molar-refractivity contribution in [3.8, 4) is 0 Å². The monoisotopic (exact) mass is 413 g/mol. The molecule has 0 aromatic carbocycles. The molecule has 3 heterocycles. The van der Waals surface area contributed by atoms with Gasteiger partial charge in [-0.05, 0) is 64.5 Å². The molecular formula is C22H35N7O. The lowest BCUT2D eigenvalue weighted by Crippen LogP contribution is -2.38. The van der Waals surface area contributed by atoms with E-state index in [1.807, 2.05) is 6.33 Å². The first-order valence-electron chi connectivity index (χ1n) is 11.4. The summed E-state index contributed by atoms with van der Waals surface area (Å²) in [7, 11) is 4.14. The van der Waals surface area contributed by atoms with E-state index >= 15 is 0 Å². The van der Waals surface area contributed by atoms with E-state index < -0.39 is 0 Å². The molecule has 2 aliphatic carbocycles. The Morgan fingerprint density at radius 3 is 2.70 bits per heavy atom. The molecule has 8 heteroatoms. The lowest BCUT2D eigenvalue weighted by molar-refractivity contribution is -0.0375. The van der Waals surface area contributed by atoms with E-state index in [2.05, 4.69) is 62.0 Å².